The summed E-state index contributed by atoms with van der Waals surface area (Å²) in [7, 11) is 0. The van der Waals surface area contributed by atoms with E-state index in [-0.39, 0.29) is 0 Å². The molecule has 0 saturated carbocycles. The summed E-state index contributed by atoms with van der Waals surface area (Å²) in [4.78, 5) is 2.55. The van der Waals surface area contributed by atoms with Crippen molar-refractivity contribution in [1.82, 2.24) is 4.90 Å². The van der Waals surface area contributed by atoms with Crippen molar-refractivity contribution < 1.29 is 4.42 Å². The normalized spacial score (nSPS) is 18.1. The molecule has 2 nitrogen and oxygen atoms in total. The molecule has 3 rings (SSSR count). The number of rotatable bonds is 2. The Bertz CT molecular complexity index is 526. The molecule has 18 heavy (non-hydrogen) atoms. The molecule has 1 aliphatic heterocycles. The average Bonchev–Trinajstić information content (AvgIpc) is 2.60. The third-order valence-corrected chi connectivity index (χ3v) is 4.38. The molecule has 0 amide bonds. The lowest BCUT2D eigenvalue weighted by Crippen LogP contribution is -2.23. The maximum Gasteiger partial charge on any atom is 0.135 e. The Labute approximate surface area is 116 Å². The van der Waals surface area contributed by atoms with Gasteiger partial charge in [-0.05, 0) is 38.1 Å². The van der Waals surface area contributed by atoms with Gasteiger partial charge in [0.1, 0.15) is 5.58 Å². The van der Waals surface area contributed by atoms with E-state index in [1.165, 1.54) is 49.7 Å². The van der Waals surface area contributed by atoms with Crippen molar-refractivity contribution in [2.45, 2.75) is 32.2 Å². The predicted molar refractivity (Wildman–Crippen MR) is 77.7 cm³/mol. The quantitative estimate of drug-likeness (QED) is 0.808. The largest absolute Gasteiger partial charge is 0.464 e. The molecule has 3 heteroatoms. The summed E-state index contributed by atoms with van der Waals surface area (Å²) in [5, 5.41) is 1.24. The van der Waals surface area contributed by atoms with E-state index in [4.69, 9.17) is 4.42 Å². The van der Waals surface area contributed by atoms with Crippen LogP contribution in [0.25, 0.3) is 11.0 Å². The summed E-state index contributed by atoms with van der Waals surface area (Å²) in [6.45, 7) is 3.45. The Kier molecular flexibility index (Phi) is 3.71. The molecule has 0 unspecified atom stereocenters. The predicted octanol–water partition coefficient (Wildman–Crippen LogP) is 4.57. The summed E-state index contributed by atoms with van der Waals surface area (Å²) in [6, 6.07) is 6.14. The van der Waals surface area contributed by atoms with Gasteiger partial charge in [0.25, 0.3) is 0 Å². The highest BCUT2D eigenvalue weighted by Crippen LogP contribution is 2.30. The summed E-state index contributed by atoms with van der Waals surface area (Å²) in [5.41, 5.74) is 2.29. The van der Waals surface area contributed by atoms with Gasteiger partial charge in [-0.1, -0.05) is 34.8 Å². The van der Waals surface area contributed by atoms with Gasteiger partial charge in [0.15, 0.2) is 0 Å². The first-order valence-electron chi connectivity index (χ1n) is 6.71. The number of furan rings is 1. The zero-order chi connectivity index (χ0) is 12.4. The van der Waals surface area contributed by atoms with E-state index in [9.17, 15) is 0 Å². The van der Waals surface area contributed by atoms with Gasteiger partial charge in [0.05, 0.1) is 6.26 Å². The average molecular weight is 308 g/mol. The first kappa shape index (κ1) is 12.2. The second-order valence-electron chi connectivity index (χ2n) is 5.06. The zero-order valence-electron chi connectivity index (χ0n) is 10.5. The van der Waals surface area contributed by atoms with Crippen molar-refractivity contribution in [3.8, 4) is 0 Å². The molecule has 0 aliphatic carbocycles. The Balaban J connectivity index is 1.85. The number of halogens is 1. The molecule has 0 atom stereocenters. The highest BCUT2D eigenvalue weighted by Gasteiger charge is 2.14. The summed E-state index contributed by atoms with van der Waals surface area (Å²) in [5.74, 6) is 0. The van der Waals surface area contributed by atoms with Crippen LogP contribution in [0.4, 0.5) is 0 Å². The van der Waals surface area contributed by atoms with Gasteiger partial charge < -0.3 is 4.42 Å². The highest BCUT2D eigenvalue weighted by atomic mass is 79.9. The van der Waals surface area contributed by atoms with Crippen LogP contribution < -0.4 is 0 Å². The molecular weight excluding hydrogens is 290 g/mol. The fourth-order valence-corrected chi connectivity index (χ4v) is 3.36. The molecule has 1 aromatic heterocycles. The lowest BCUT2D eigenvalue weighted by Gasteiger charge is -2.18. The van der Waals surface area contributed by atoms with Crippen LogP contribution in [0.3, 0.4) is 0 Å². The van der Waals surface area contributed by atoms with Crippen LogP contribution in [0.2, 0.25) is 0 Å². The van der Waals surface area contributed by atoms with Crippen LogP contribution in [0.5, 0.6) is 0 Å². The van der Waals surface area contributed by atoms with Gasteiger partial charge in [-0.3, -0.25) is 4.90 Å². The van der Waals surface area contributed by atoms with Crippen LogP contribution in [0, 0.1) is 0 Å². The number of likely N-dealkylation sites (tertiary alicyclic amines) is 1. The molecule has 0 N–H and O–H groups in total. The molecule has 0 bridgehead atoms. The van der Waals surface area contributed by atoms with Crippen LogP contribution in [-0.2, 0) is 6.54 Å². The van der Waals surface area contributed by atoms with Gasteiger partial charge in [0, 0.05) is 22.0 Å². The Hall–Kier alpha value is -0.800. The molecule has 2 heterocycles. The van der Waals surface area contributed by atoms with Crippen LogP contribution in [0.15, 0.2) is 33.4 Å². The standard InChI is InChI=1S/C15H18BrNO/c16-13-6-5-7-14-15(13)12(11-18-14)10-17-8-3-1-2-4-9-17/h5-7,11H,1-4,8-10H2. The topological polar surface area (TPSA) is 16.4 Å². The fraction of sp³-hybridized carbons (Fsp3) is 0.467. The number of nitrogens with zero attached hydrogens (tertiary/aromatic N) is 1. The minimum Gasteiger partial charge on any atom is -0.464 e. The lowest BCUT2D eigenvalue weighted by molar-refractivity contribution is 0.277. The van der Waals surface area contributed by atoms with Crippen LogP contribution >= 0.6 is 15.9 Å². The van der Waals surface area contributed by atoms with E-state index in [1.54, 1.807) is 0 Å². The zero-order valence-corrected chi connectivity index (χ0v) is 12.1. The third kappa shape index (κ3) is 2.47. The second-order valence-corrected chi connectivity index (χ2v) is 5.92. The van der Waals surface area contributed by atoms with E-state index in [2.05, 4.69) is 26.9 Å². The molecular formula is C15H18BrNO. The first-order valence-corrected chi connectivity index (χ1v) is 7.51. The van der Waals surface area contributed by atoms with Crippen molar-refractivity contribution in [3.63, 3.8) is 0 Å². The Morgan fingerprint density at radius 1 is 1.11 bits per heavy atom. The molecule has 1 saturated heterocycles. The van der Waals surface area contributed by atoms with E-state index in [0.29, 0.717) is 0 Å². The van der Waals surface area contributed by atoms with Gasteiger partial charge in [-0.25, -0.2) is 0 Å². The highest BCUT2D eigenvalue weighted by molar-refractivity contribution is 9.10. The third-order valence-electron chi connectivity index (χ3n) is 3.72. The maximum absolute atomic E-state index is 5.65. The molecule has 1 fully saturated rings. The molecule has 2 aromatic rings. The number of hydrogen-bond donors (Lipinski definition) is 0. The summed E-state index contributed by atoms with van der Waals surface area (Å²) >= 11 is 3.63. The van der Waals surface area contributed by atoms with Crippen LogP contribution in [0.1, 0.15) is 31.2 Å². The van der Waals surface area contributed by atoms with E-state index >= 15 is 0 Å². The SMILES string of the molecule is Brc1cccc2occ(CN3CCCCCC3)c12. The number of fused-ring (bicyclic) bond motifs is 1. The van der Waals surface area contributed by atoms with Crippen molar-refractivity contribution in [3.05, 3.63) is 34.5 Å². The van der Waals surface area contributed by atoms with Crippen molar-refractivity contribution in [1.29, 1.82) is 0 Å². The number of benzene rings is 1. The van der Waals surface area contributed by atoms with Crippen molar-refractivity contribution >= 4 is 26.9 Å². The summed E-state index contributed by atoms with van der Waals surface area (Å²) in [6.07, 6.45) is 7.34. The Morgan fingerprint density at radius 2 is 1.89 bits per heavy atom. The van der Waals surface area contributed by atoms with E-state index in [1.807, 2.05) is 18.4 Å². The molecule has 1 aromatic carbocycles. The minimum atomic E-state index is 0.981. The first-order chi connectivity index (χ1) is 8.84. The monoisotopic (exact) mass is 307 g/mol. The van der Waals surface area contributed by atoms with E-state index < -0.39 is 0 Å². The van der Waals surface area contributed by atoms with Gasteiger partial charge in [-0.15, -0.1) is 0 Å². The fourth-order valence-electron chi connectivity index (χ4n) is 2.76. The Morgan fingerprint density at radius 3 is 2.67 bits per heavy atom. The lowest BCUT2D eigenvalue weighted by atomic mass is 10.1. The van der Waals surface area contributed by atoms with Gasteiger partial charge >= 0.3 is 0 Å². The number of hydrogen-bond acceptors (Lipinski definition) is 2. The second kappa shape index (κ2) is 5.45. The van der Waals surface area contributed by atoms with Crippen molar-refractivity contribution in [2.24, 2.45) is 0 Å². The van der Waals surface area contributed by atoms with E-state index in [0.717, 1.165) is 16.6 Å². The van der Waals surface area contributed by atoms with Crippen molar-refractivity contribution in [2.75, 3.05) is 13.1 Å². The van der Waals surface area contributed by atoms with Crippen LogP contribution in [-0.4, -0.2) is 18.0 Å². The molecule has 96 valence electrons. The van der Waals surface area contributed by atoms with Gasteiger partial charge in [-0.2, -0.15) is 0 Å². The molecule has 0 spiro atoms. The summed E-state index contributed by atoms with van der Waals surface area (Å²) < 4.78 is 6.78. The molecule has 0 radical (unpaired) electrons. The maximum atomic E-state index is 5.65. The van der Waals surface area contributed by atoms with Gasteiger partial charge in [0.2, 0.25) is 0 Å². The smallest absolute Gasteiger partial charge is 0.135 e. The minimum absolute atomic E-state index is 0.981. The molecule has 1 aliphatic rings.